The van der Waals surface area contributed by atoms with E-state index < -0.39 is 12.0 Å². The molecule has 1 aromatic carbocycles. The SMILES string of the molecule is CC(C)CC(CCC(=O)N[C@@H](Cc1ccc(O)cc1)C(=O)O)NC(=O)CCN. The Morgan fingerprint density at radius 2 is 1.64 bits per heavy atom. The number of hydrogen-bond acceptors (Lipinski definition) is 5. The van der Waals surface area contributed by atoms with E-state index in [0.717, 1.165) is 6.42 Å². The third-order valence-corrected chi connectivity index (χ3v) is 4.22. The molecule has 6 N–H and O–H groups in total. The topological polar surface area (TPSA) is 142 Å². The number of hydrogen-bond donors (Lipinski definition) is 5. The van der Waals surface area contributed by atoms with Crippen molar-refractivity contribution in [3.63, 3.8) is 0 Å². The first-order valence-corrected chi connectivity index (χ1v) is 9.50. The molecule has 0 heterocycles. The monoisotopic (exact) mass is 393 g/mol. The van der Waals surface area contributed by atoms with Gasteiger partial charge < -0.3 is 26.6 Å². The number of rotatable bonds is 12. The third kappa shape index (κ3) is 9.36. The van der Waals surface area contributed by atoms with E-state index in [0.29, 0.717) is 17.9 Å². The molecule has 0 aliphatic rings. The zero-order chi connectivity index (χ0) is 21.1. The molecule has 8 heteroatoms. The molecule has 8 nitrogen and oxygen atoms in total. The maximum Gasteiger partial charge on any atom is 0.326 e. The summed E-state index contributed by atoms with van der Waals surface area (Å²) in [6, 6.07) is 4.94. The van der Waals surface area contributed by atoms with Crippen LogP contribution >= 0.6 is 0 Å². The number of carboxylic acid groups (broad SMARTS) is 1. The molecular weight excluding hydrogens is 362 g/mol. The van der Waals surface area contributed by atoms with Crippen LogP contribution in [-0.4, -0.2) is 46.6 Å². The van der Waals surface area contributed by atoms with E-state index in [4.69, 9.17) is 5.73 Å². The second kappa shape index (κ2) is 12.0. The van der Waals surface area contributed by atoms with Gasteiger partial charge in [-0.25, -0.2) is 4.79 Å². The van der Waals surface area contributed by atoms with Crippen molar-refractivity contribution in [1.82, 2.24) is 10.6 Å². The van der Waals surface area contributed by atoms with Crippen LogP contribution in [0.4, 0.5) is 0 Å². The third-order valence-electron chi connectivity index (χ3n) is 4.22. The van der Waals surface area contributed by atoms with Crippen molar-refractivity contribution >= 4 is 17.8 Å². The molecule has 0 bridgehead atoms. The molecule has 0 spiro atoms. The average Bonchev–Trinajstić information content (AvgIpc) is 2.60. The molecule has 1 aromatic rings. The predicted molar refractivity (Wildman–Crippen MR) is 106 cm³/mol. The van der Waals surface area contributed by atoms with Gasteiger partial charge in [-0.3, -0.25) is 9.59 Å². The highest BCUT2D eigenvalue weighted by atomic mass is 16.4. The summed E-state index contributed by atoms with van der Waals surface area (Å²) in [6.45, 7) is 4.32. The van der Waals surface area contributed by atoms with E-state index in [2.05, 4.69) is 10.6 Å². The number of carbonyl (C=O) groups is 3. The smallest absolute Gasteiger partial charge is 0.326 e. The Hall–Kier alpha value is -2.61. The van der Waals surface area contributed by atoms with Crippen LogP contribution in [0.1, 0.15) is 45.1 Å². The first-order valence-electron chi connectivity index (χ1n) is 9.50. The van der Waals surface area contributed by atoms with Crippen LogP contribution in [0.2, 0.25) is 0 Å². The van der Waals surface area contributed by atoms with E-state index >= 15 is 0 Å². The van der Waals surface area contributed by atoms with Crippen LogP contribution in [0, 0.1) is 5.92 Å². The number of benzene rings is 1. The van der Waals surface area contributed by atoms with E-state index in [1.54, 1.807) is 12.1 Å². The number of nitrogens with one attached hydrogen (secondary N) is 2. The second-order valence-corrected chi connectivity index (χ2v) is 7.30. The molecule has 1 unspecified atom stereocenters. The normalized spacial score (nSPS) is 13.0. The number of amides is 2. The number of nitrogens with two attached hydrogens (primary N) is 1. The Morgan fingerprint density at radius 1 is 1.04 bits per heavy atom. The summed E-state index contributed by atoms with van der Waals surface area (Å²) in [6.07, 6.45) is 1.60. The van der Waals surface area contributed by atoms with Crippen LogP contribution in [0.25, 0.3) is 0 Å². The highest BCUT2D eigenvalue weighted by Crippen LogP contribution is 2.13. The molecule has 0 aliphatic carbocycles. The van der Waals surface area contributed by atoms with E-state index in [1.165, 1.54) is 12.1 Å². The van der Waals surface area contributed by atoms with Gasteiger partial charge in [0, 0.05) is 31.8 Å². The number of phenolic OH excluding ortho intramolecular Hbond substituents is 1. The van der Waals surface area contributed by atoms with Crippen molar-refractivity contribution < 1.29 is 24.6 Å². The minimum absolute atomic E-state index is 0.0903. The summed E-state index contributed by atoms with van der Waals surface area (Å²) >= 11 is 0. The van der Waals surface area contributed by atoms with Gasteiger partial charge in [-0.05, 0) is 36.5 Å². The summed E-state index contributed by atoms with van der Waals surface area (Å²) in [5.41, 5.74) is 6.08. The largest absolute Gasteiger partial charge is 0.508 e. The lowest BCUT2D eigenvalue weighted by atomic mass is 9.99. The molecule has 2 amide bonds. The van der Waals surface area contributed by atoms with Gasteiger partial charge in [0.25, 0.3) is 0 Å². The van der Waals surface area contributed by atoms with Crippen LogP contribution in [0.5, 0.6) is 5.75 Å². The van der Waals surface area contributed by atoms with Gasteiger partial charge in [0.2, 0.25) is 11.8 Å². The maximum absolute atomic E-state index is 12.3. The summed E-state index contributed by atoms with van der Waals surface area (Å²) in [7, 11) is 0. The van der Waals surface area contributed by atoms with Crippen molar-refractivity contribution in [1.29, 1.82) is 0 Å². The zero-order valence-electron chi connectivity index (χ0n) is 16.5. The molecule has 2 atom stereocenters. The van der Waals surface area contributed by atoms with Gasteiger partial charge >= 0.3 is 5.97 Å². The maximum atomic E-state index is 12.3. The summed E-state index contributed by atoms with van der Waals surface area (Å²) in [4.78, 5) is 35.5. The van der Waals surface area contributed by atoms with Crippen LogP contribution < -0.4 is 16.4 Å². The number of carboxylic acids is 1. The standard InChI is InChI=1S/C20H31N3O5/c1-13(2)11-15(22-19(26)9-10-21)5-8-18(25)23-17(20(27)28)12-14-3-6-16(24)7-4-14/h3-4,6-7,13,15,17,24H,5,8-12,21H2,1-2H3,(H,22,26)(H,23,25)(H,27,28)/t15?,17-/m0/s1. The second-order valence-electron chi connectivity index (χ2n) is 7.30. The van der Waals surface area contributed by atoms with Gasteiger partial charge in [0.15, 0.2) is 0 Å². The van der Waals surface area contributed by atoms with E-state index in [-0.39, 0.29) is 49.4 Å². The van der Waals surface area contributed by atoms with E-state index in [1.807, 2.05) is 13.8 Å². The molecular formula is C20H31N3O5. The van der Waals surface area contributed by atoms with Crippen molar-refractivity contribution in [2.45, 2.75) is 58.0 Å². The van der Waals surface area contributed by atoms with Crippen molar-refractivity contribution in [2.75, 3.05) is 6.54 Å². The van der Waals surface area contributed by atoms with Gasteiger partial charge in [0.1, 0.15) is 11.8 Å². The van der Waals surface area contributed by atoms with Crippen LogP contribution in [-0.2, 0) is 20.8 Å². The first-order chi connectivity index (χ1) is 13.2. The number of aromatic hydroxyl groups is 1. The molecule has 1 rings (SSSR count). The minimum atomic E-state index is -1.13. The van der Waals surface area contributed by atoms with Crippen molar-refractivity contribution in [3.8, 4) is 5.75 Å². The van der Waals surface area contributed by atoms with Gasteiger partial charge in [-0.2, -0.15) is 0 Å². The molecule has 28 heavy (non-hydrogen) atoms. The van der Waals surface area contributed by atoms with Gasteiger partial charge in [0.05, 0.1) is 0 Å². The van der Waals surface area contributed by atoms with E-state index in [9.17, 15) is 24.6 Å². The highest BCUT2D eigenvalue weighted by Gasteiger charge is 2.22. The predicted octanol–water partition coefficient (Wildman–Crippen LogP) is 1.16. The average molecular weight is 393 g/mol. The van der Waals surface area contributed by atoms with Gasteiger partial charge in [-0.1, -0.05) is 26.0 Å². The fourth-order valence-corrected chi connectivity index (χ4v) is 2.89. The lowest BCUT2D eigenvalue weighted by Crippen LogP contribution is -2.43. The fourth-order valence-electron chi connectivity index (χ4n) is 2.89. The zero-order valence-corrected chi connectivity index (χ0v) is 16.5. The van der Waals surface area contributed by atoms with Crippen molar-refractivity contribution in [2.24, 2.45) is 11.7 Å². The fraction of sp³-hybridized carbons (Fsp3) is 0.550. The lowest BCUT2D eigenvalue weighted by Gasteiger charge is -2.21. The Kier molecular flexibility index (Phi) is 10.0. The molecule has 156 valence electrons. The molecule has 0 saturated carbocycles. The summed E-state index contributed by atoms with van der Waals surface area (Å²) in [5, 5.41) is 24.1. The first kappa shape index (κ1) is 23.4. The molecule has 0 fully saturated rings. The Balaban J connectivity index is 2.60. The van der Waals surface area contributed by atoms with Gasteiger partial charge in [-0.15, -0.1) is 0 Å². The van der Waals surface area contributed by atoms with Crippen molar-refractivity contribution in [3.05, 3.63) is 29.8 Å². The molecule has 0 radical (unpaired) electrons. The highest BCUT2D eigenvalue weighted by molar-refractivity contribution is 5.83. The Bertz CT molecular complexity index is 646. The summed E-state index contributed by atoms with van der Waals surface area (Å²) < 4.78 is 0. The Morgan fingerprint density at radius 3 is 2.18 bits per heavy atom. The minimum Gasteiger partial charge on any atom is -0.508 e. The Labute approximate surface area is 165 Å². The van der Waals surface area contributed by atoms with Crippen LogP contribution in [0.15, 0.2) is 24.3 Å². The number of aliphatic carboxylic acids is 1. The summed E-state index contributed by atoms with van der Waals surface area (Å²) in [5.74, 6) is -1.23. The number of carbonyl (C=O) groups excluding carboxylic acids is 2. The molecule has 0 saturated heterocycles. The van der Waals surface area contributed by atoms with Crippen LogP contribution in [0.3, 0.4) is 0 Å². The molecule has 0 aromatic heterocycles. The number of phenols is 1. The molecule has 0 aliphatic heterocycles. The lowest BCUT2D eigenvalue weighted by molar-refractivity contribution is -0.141. The quantitative estimate of drug-likeness (QED) is 0.361.